The van der Waals surface area contributed by atoms with Crippen LogP contribution in [0, 0.1) is 35.1 Å². The van der Waals surface area contributed by atoms with Crippen LogP contribution in [0.15, 0.2) is 24.3 Å². The molecule has 0 radical (unpaired) electrons. The van der Waals surface area contributed by atoms with Gasteiger partial charge in [-0.2, -0.15) is 17.6 Å². The van der Waals surface area contributed by atoms with Crippen LogP contribution in [0.2, 0.25) is 0 Å². The van der Waals surface area contributed by atoms with Crippen molar-refractivity contribution in [2.75, 3.05) is 0 Å². The first-order valence-corrected chi connectivity index (χ1v) is 12.5. The number of aryl methyl sites for hydroxylation is 1. The molecule has 0 atom stereocenters. The van der Waals surface area contributed by atoms with Gasteiger partial charge >= 0.3 is 12.7 Å². The van der Waals surface area contributed by atoms with Gasteiger partial charge in [0.25, 0.3) is 0 Å². The van der Waals surface area contributed by atoms with Crippen molar-refractivity contribution in [3.05, 3.63) is 58.7 Å². The molecule has 0 saturated heterocycles. The Morgan fingerprint density at radius 3 is 1.86 bits per heavy atom. The number of hydrogen-bond donors (Lipinski definition) is 0. The fraction of sp³-hybridized carbons (Fsp3) is 0.556. The van der Waals surface area contributed by atoms with Crippen molar-refractivity contribution in [2.45, 2.75) is 83.9 Å². The summed E-state index contributed by atoms with van der Waals surface area (Å²) in [6.07, 6.45) is 5.51. The van der Waals surface area contributed by atoms with Gasteiger partial charge in [-0.05, 0) is 42.4 Å². The molecular formula is C27H30F8O2. The van der Waals surface area contributed by atoms with Crippen molar-refractivity contribution >= 4 is 0 Å². The molecule has 206 valence electrons. The average Bonchev–Trinajstić information content (AvgIpc) is 2.80. The van der Waals surface area contributed by atoms with Gasteiger partial charge < -0.3 is 9.47 Å². The van der Waals surface area contributed by atoms with Crippen LogP contribution in [0.4, 0.5) is 35.1 Å². The standard InChI is InChI=1S/C27H30F8O2/c1-2-3-4-5-16-6-8-17(9-7-16)10-11-18-12-20(28)24(21(29)13-18)27(34,35)37-19-14-22(30)25(23(31)15-19)36-26(32)33/h12-17,26H,2-11H2,1H3/t16-,17-. The van der Waals surface area contributed by atoms with Crippen LogP contribution < -0.4 is 9.47 Å². The predicted molar refractivity (Wildman–Crippen MR) is 122 cm³/mol. The summed E-state index contributed by atoms with van der Waals surface area (Å²) in [4.78, 5) is 0. The van der Waals surface area contributed by atoms with E-state index in [0.29, 0.717) is 24.7 Å². The first-order valence-electron chi connectivity index (χ1n) is 12.5. The normalized spacial score (nSPS) is 18.3. The number of halogens is 8. The van der Waals surface area contributed by atoms with Crippen LogP contribution in [0.25, 0.3) is 0 Å². The molecule has 2 nitrogen and oxygen atoms in total. The first-order chi connectivity index (χ1) is 17.5. The Hall–Kier alpha value is -2.52. The summed E-state index contributed by atoms with van der Waals surface area (Å²) < 4.78 is 118. The zero-order valence-corrected chi connectivity index (χ0v) is 20.5. The van der Waals surface area contributed by atoms with Crippen LogP contribution in [0.5, 0.6) is 11.5 Å². The van der Waals surface area contributed by atoms with Crippen molar-refractivity contribution in [3.8, 4) is 11.5 Å². The Bertz CT molecular complexity index is 989. The van der Waals surface area contributed by atoms with E-state index >= 15 is 0 Å². The van der Waals surface area contributed by atoms with E-state index in [-0.39, 0.29) is 17.7 Å². The van der Waals surface area contributed by atoms with Gasteiger partial charge in [-0.1, -0.05) is 58.3 Å². The fourth-order valence-electron chi connectivity index (χ4n) is 4.91. The minimum absolute atomic E-state index is 0.150. The third-order valence-corrected chi connectivity index (χ3v) is 6.84. The minimum atomic E-state index is -4.65. The Labute approximate surface area is 211 Å². The molecule has 0 aliphatic heterocycles. The molecule has 0 aromatic heterocycles. The SMILES string of the molecule is CCCCC[C@H]1CC[C@H](CCc2cc(F)c(C(F)(F)Oc3cc(F)c(OC(F)F)c(F)c3)c(F)c2)CC1. The second-order valence-electron chi connectivity index (χ2n) is 9.57. The van der Waals surface area contributed by atoms with Crippen molar-refractivity contribution in [1.82, 2.24) is 0 Å². The Kier molecular flexibility index (Phi) is 10.1. The van der Waals surface area contributed by atoms with Crippen LogP contribution in [0.1, 0.15) is 75.8 Å². The van der Waals surface area contributed by atoms with E-state index in [0.717, 1.165) is 37.8 Å². The average molecular weight is 539 g/mol. The lowest BCUT2D eigenvalue weighted by Crippen LogP contribution is -2.25. The zero-order valence-electron chi connectivity index (χ0n) is 20.5. The Morgan fingerprint density at radius 2 is 1.35 bits per heavy atom. The number of ether oxygens (including phenoxy) is 2. The number of alkyl halides is 4. The minimum Gasteiger partial charge on any atom is -0.429 e. The van der Waals surface area contributed by atoms with E-state index < -0.39 is 53.1 Å². The summed E-state index contributed by atoms with van der Waals surface area (Å²) in [5.74, 6) is -8.20. The molecule has 3 rings (SSSR count). The van der Waals surface area contributed by atoms with Gasteiger partial charge in [-0.25, -0.2) is 17.6 Å². The highest BCUT2D eigenvalue weighted by molar-refractivity contribution is 5.36. The number of hydrogen-bond acceptors (Lipinski definition) is 2. The van der Waals surface area contributed by atoms with Crippen molar-refractivity contribution in [1.29, 1.82) is 0 Å². The van der Waals surface area contributed by atoms with Gasteiger partial charge in [0.2, 0.25) is 0 Å². The molecule has 1 saturated carbocycles. The topological polar surface area (TPSA) is 18.5 Å². The number of benzene rings is 2. The van der Waals surface area contributed by atoms with Crippen LogP contribution in [-0.2, 0) is 12.5 Å². The van der Waals surface area contributed by atoms with E-state index in [1.54, 1.807) is 0 Å². The van der Waals surface area contributed by atoms with Gasteiger partial charge in [0.05, 0.1) is 0 Å². The smallest absolute Gasteiger partial charge is 0.429 e. The van der Waals surface area contributed by atoms with E-state index in [4.69, 9.17) is 0 Å². The summed E-state index contributed by atoms with van der Waals surface area (Å²) in [6.45, 7) is -1.40. The lowest BCUT2D eigenvalue weighted by molar-refractivity contribution is -0.189. The molecule has 0 heterocycles. The summed E-state index contributed by atoms with van der Waals surface area (Å²) in [6, 6.07) is 1.90. The third kappa shape index (κ3) is 7.98. The molecule has 0 spiro atoms. The molecule has 0 N–H and O–H groups in total. The van der Waals surface area contributed by atoms with Crippen molar-refractivity contribution in [2.24, 2.45) is 11.8 Å². The molecule has 1 aliphatic carbocycles. The van der Waals surface area contributed by atoms with Gasteiger partial charge in [0.1, 0.15) is 22.9 Å². The fourth-order valence-corrected chi connectivity index (χ4v) is 4.91. The van der Waals surface area contributed by atoms with E-state index in [1.165, 1.54) is 25.7 Å². The molecule has 37 heavy (non-hydrogen) atoms. The molecular weight excluding hydrogens is 508 g/mol. The molecule has 10 heteroatoms. The summed E-state index contributed by atoms with van der Waals surface area (Å²) >= 11 is 0. The van der Waals surface area contributed by atoms with Crippen molar-refractivity contribution < 1.29 is 44.6 Å². The summed E-state index contributed by atoms with van der Waals surface area (Å²) in [5, 5.41) is 0. The van der Waals surface area contributed by atoms with Gasteiger partial charge in [-0.3, -0.25) is 0 Å². The largest absolute Gasteiger partial charge is 0.432 e. The maximum Gasteiger partial charge on any atom is 0.432 e. The molecule has 1 aliphatic rings. The Morgan fingerprint density at radius 1 is 0.811 bits per heavy atom. The van der Waals surface area contributed by atoms with Crippen molar-refractivity contribution in [3.63, 3.8) is 0 Å². The number of rotatable bonds is 12. The lowest BCUT2D eigenvalue weighted by atomic mass is 9.78. The zero-order chi connectivity index (χ0) is 27.2. The highest BCUT2D eigenvalue weighted by atomic mass is 19.3. The van der Waals surface area contributed by atoms with Crippen LogP contribution in [0.3, 0.4) is 0 Å². The highest BCUT2D eigenvalue weighted by Crippen LogP contribution is 2.38. The molecule has 0 bridgehead atoms. The quantitative estimate of drug-likeness (QED) is 0.198. The highest BCUT2D eigenvalue weighted by Gasteiger charge is 2.41. The second kappa shape index (κ2) is 12.8. The van der Waals surface area contributed by atoms with Gasteiger partial charge in [0.15, 0.2) is 17.4 Å². The molecule has 0 unspecified atom stereocenters. The summed E-state index contributed by atoms with van der Waals surface area (Å²) in [7, 11) is 0. The molecule has 2 aromatic rings. The first kappa shape index (κ1) is 29.0. The summed E-state index contributed by atoms with van der Waals surface area (Å²) in [5.41, 5.74) is -1.51. The van der Waals surface area contributed by atoms with Crippen LogP contribution in [-0.4, -0.2) is 6.61 Å². The molecule has 2 aromatic carbocycles. The lowest BCUT2D eigenvalue weighted by Gasteiger charge is -2.28. The Balaban J connectivity index is 1.63. The maximum atomic E-state index is 14.6. The van der Waals surface area contributed by atoms with E-state index in [2.05, 4.69) is 16.4 Å². The van der Waals surface area contributed by atoms with Gasteiger partial charge in [-0.15, -0.1) is 0 Å². The predicted octanol–water partition coefficient (Wildman–Crippen LogP) is 9.29. The monoisotopic (exact) mass is 538 g/mol. The maximum absolute atomic E-state index is 14.6. The second-order valence-corrected chi connectivity index (χ2v) is 9.57. The van der Waals surface area contributed by atoms with E-state index in [9.17, 15) is 35.1 Å². The third-order valence-electron chi connectivity index (χ3n) is 6.84. The molecule has 0 amide bonds. The number of unbranched alkanes of at least 4 members (excludes halogenated alkanes) is 2. The molecule has 1 fully saturated rings. The van der Waals surface area contributed by atoms with E-state index in [1.807, 2.05) is 0 Å². The van der Waals surface area contributed by atoms with Gasteiger partial charge in [0, 0.05) is 12.1 Å². The van der Waals surface area contributed by atoms with Crippen LogP contribution >= 0.6 is 0 Å².